The van der Waals surface area contributed by atoms with Gasteiger partial charge in [-0.3, -0.25) is 9.59 Å². The second kappa shape index (κ2) is 4.29. The first-order valence-corrected chi connectivity index (χ1v) is 4.16. The lowest BCUT2D eigenvalue weighted by atomic mass is 10.1. The number of carbonyl (C=O) groups excluding carboxylic acids is 2. The SMILES string of the molecule is CC(=O)c1ccc(C#CC(N)=O)cc1O. The summed E-state index contributed by atoms with van der Waals surface area (Å²) in [5.74, 6) is 3.45. The van der Waals surface area contributed by atoms with E-state index in [4.69, 9.17) is 5.73 Å². The van der Waals surface area contributed by atoms with E-state index in [0.717, 1.165) is 0 Å². The molecule has 4 heteroatoms. The largest absolute Gasteiger partial charge is 0.507 e. The first kappa shape index (κ1) is 10.8. The molecule has 0 aromatic heterocycles. The van der Waals surface area contributed by atoms with E-state index in [0.29, 0.717) is 5.56 Å². The van der Waals surface area contributed by atoms with Gasteiger partial charge in [-0.15, -0.1) is 0 Å². The van der Waals surface area contributed by atoms with Crippen LogP contribution in [0.3, 0.4) is 0 Å². The fourth-order valence-electron chi connectivity index (χ4n) is 1.04. The van der Waals surface area contributed by atoms with E-state index in [-0.39, 0.29) is 17.1 Å². The van der Waals surface area contributed by atoms with E-state index in [9.17, 15) is 14.7 Å². The molecule has 1 amide bonds. The highest BCUT2D eigenvalue weighted by Crippen LogP contribution is 2.18. The predicted molar refractivity (Wildman–Crippen MR) is 54.2 cm³/mol. The number of nitrogens with two attached hydrogens (primary N) is 1. The molecule has 0 saturated heterocycles. The zero-order valence-electron chi connectivity index (χ0n) is 8.07. The highest BCUT2D eigenvalue weighted by Gasteiger charge is 2.05. The van der Waals surface area contributed by atoms with Crippen molar-refractivity contribution in [3.05, 3.63) is 29.3 Å². The van der Waals surface area contributed by atoms with Crippen LogP contribution in [0.1, 0.15) is 22.8 Å². The summed E-state index contributed by atoms with van der Waals surface area (Å²) in [6.45, 7) is 1.35. The van der Waals surface area contributed by atoms with E-state index in [1.807, 2.05) is 0 Å². The maximum Gasteiger partial charge on any atom is 0.293 e. The summed E-state index contributed by atoms with van der Waals surface area (Å²) in [4.78, 5) is 21.3. The first-order valence-electron chi connectivity index (χ1n) is 4.16. The molecule has 1 aromatic rings. The molecule has 0 radical (unpaired) electrons. The molecule has 0 bridgehead atoms. The van der Waals surface area contributed by atoms with Gasteiger partial charge in [0.25, 0.3) is 5.91 Å². The molecular formula is C11H9NO3. The molecule has 4 nitrogen and oxygen atoms in total. The van der Waals surface area contributed by atoms with Crippen molar-refractivity contribution in [3.63, 3.8) is 0 Å². The van der Waals surface area contributed by atoms with Crippen LogP contribution in [0.15, 0.2) is 18.2 Å². The molecule has 3 N–H and O–H groups in total. The Balaban J connectivity index is 3.09. The van der Waals surface area contributed by atoms with Gasteiger partial charge >= 0.3 is 0 Å². The molecule has 0 heterocycles. The summed E-state index contributed by atoms with van der Waals surface area (Å²) in [5.41, 5.74) is 5.48. The minimum atomic E-state index is -0.745. The quantitative estimate of drug-likeness (QED) is 0.513. The monoisotopic (exact) mass is 203 g/mol. The van der Waals surface area contributed by atoms with Crippen LogP contribution in [-0.4, -0.2) is 16.8 Å². The third kappa shape index (κ3) is 2.85. The number of amides is 1. The molecule has 0 saturated carbocycles. The normalized spacial score (nSPS) is 8.87. The molecule has 0 unspecified atom stereocenters. The first-order chi connectivity index (χ1) is 7.00. The Bertz CT molecular complexity index is 480. The van der Waals surface area contributed by atoms with Gasteiger partial charge in [-0.2, -0.15) is 0 Å². The number of phenols is 1. The summed E-state index contributed by atoms with van der Waals surface area (Å²) in [6.07, 6.45) is 0. The van der Waals surface area contributed by atoms with Gasteiger partial charge in [-0.1, -0.05) is 5.92 Å². The number of ketones is 1. The molecule has 0 aliphatic heterocycles. The van der Waals surface area contributed by atoms with Crippen molar-refractivity contribution >= 4 is 11.7 Å². The third-order valence-electron chi connectivity index (χ3n) is 1.71. The smallest absolute Gasteiger partial charge is 0.293 e. The number of Topliss-reactive ketones (excluding diaryl/α,β-unsaturated/α-hetero) is 1. The Kier molecular flexibility index (Phi) is 3.09. The van der Waals surface area contributed by atoms with Gasteiger partial charge in [0.15, 0.2) is 5.78 Å². The van der Waals surface area contributed by atoms with Crippen LogP contribution < -0.4 is 5.73 Å². The highest BCUT2D eigenvalue weighted by atomic mass is 16.3. The van der Waals surface area contributed by atoms with Crippen LogP contribution in [0.4, 0.5) is 0 Å². The van der Waals surface area contributed by atoms with Gasteiger partial charge in [0, 0.05) is 5.56 Å². The standard InChI is InChI=1S/C11H9NO3/c1-7(13)9-4-2-8(6-10(9)14)3-5-11(12)15/h2,4,6,14H,1H3,(H2,12,15). The zero-order valence-corrected chi connectivity index (χ0v) is 8.07. The fraction of sp³-hybridized carbons (Fsp3) is 0.0909. The van der Waals surface area contributed by atoms with E-state index in [1.165, 1.54) is 25.1 Å². The molecule has 0 aliphatic carbocycles. The lowest BCUT2D eigenvalue weighted by molar-refractivity contribution is -0.112. The molecular weight excluding hydrogens is 194 g/mol. The second-order valence-electron chi connectivity index (χ2n) is 2.90. The van der Waals surface area contributed by atoms with Crippen molar-refractivity contribution in [3.8, 4) is 17.6 Å². The minimum Gasteiger partial charge on any atom is -0.507 e. The maximum absolute atomic E-state index is 11.0. The Morgan fingerprint density at radius 2 is 2.07 bits per heavy atom. The summed E-state index contributed by atoms with van der Waals surface area (Å²) in [6, 6.07) is 4.29. The summed E-state index contributed by atoms with van der Waals surface area (Å²) in [5, 5.41) is 9.42. The van der Waals surface area contributed by atoms with E-state index < -0.39 is 5.91 Å². The third-order valence-corrected chi connectivity index (χ3v) is 1.71. The van der Waals surface area contributed by atoms with Gasteiger partial charge in [-0.25, -0.2) is 0 Å². The van der Waals surface area contributed by atoms with Crippen molar-refractivity contribution in [2.75, 3.05) is 0 Å². The molecule has 76 valence electrons. The van der Waals surface area contributed by atoms with Crippen LogP contribution >= 0.6 is 0 Å². The number of phenolic OH excluding ortho intramolecular Hbond substituents is 1. The number of hydrogen-bond donors (Lipinski definition) is 2. The van der Waals surface area contributed by atoms with Gasteiger partial charge in [-0.05, 0) is 31.0 Å². The second-order valence-corrected chi connectivity index (χ2v) is 2.90. The van der Waals surface area contributed by atoms with E-state index in [2.05, 4.69) is 11.8 Å². The minimum absolute atomic E-state index is 0.154. The average Bonchev–Trinajstić information content (AvgIpc) is 2.14. The van der Waals surface area contributed by atoms with Crippen molar-refractivity contribution in [2.45, 2.75) is 6.92 Å². The van der Waals surface area contributed by atoms with Crippen LogP contribution in [0.2, 0.25) is 0 Å². The Hall–Kier alpha value is -2.28. The number of carbonyl (C=O) groups is 2. The van der Waals surface area contributed by atoms with Crippen molar-refractivity contribution in [2.24, 2.45) is 5.73 Å². The summed E-state index contributed by atoms with van der Waals surface area (Å²) in [7, 11) is 0. The fourth-order valence-corrected chi connectivity index (χ4v) is 1.04. The van der Waals surface area contributed by atoms with Crippen molar-refractivity contribution in [1.82, 2.24) is 0 Å². The van der Waals surface area contributed by atoms with Crippen LogP contribution in [0.25, 0.3) is 0 Å². The maximum atomic E-state index is 11.0. The van der Waals surface area contributed by atoms with E-state index in [1.54, 1.807) is 0 Å². The number of primary amides is 1. The van der Waals surface area contributed by atoms with Gasteiger partial charge in [0.1, 0.15) is 5.75 Å². The van der Waals surface area contributed by atoms with Crippen LogP contribution in [0, 0.1) is 11.8 Å². The molecule has 1 rings (SSSR count). The molecule has 0 fully saturated rings. The molecule has 1 aromatic carbocycles. The highest BCUT2D eigenvalue weighted by molar-refractivity contribution is 5.97. The number of hydrogen-bond acceptors (Lipinski definition) is 3. The predicted octanol–water partition coefficient (Wildman–Crippen LogP) is 0.432. The van der Waals surface area contributed by atoms with Gasteiger partial charge in [0.2, 0.25) is 0 Å². The van der Waals surface area contributed by atoms with Crippen LogP contribution in [0.5, 0.6) is 5.75 Å². The molecule has 0 spiro atoms. The summed E-state index contributed by atoms with van der Waals surface area (Å²) >= 11 is 0. The van der Waals surface area contributed by atoms with Crippen molar-refractivity contribution < 1.29 is 14.7 Å². The van der Waals surface area contributed by atoms with E-state index >= 15 is 0 Å². The number of rotatable bonds is 1. The molecule has 0 atom stereocenters. The molecule has 15 heavy (non-hydrogen) atoms. The van der Waals surface area contributed by atoms with Crippen LogP contribution in [-0.2, 0) is 4.79 Å². The lowest BCUT2D eigenvalue weighted by Gasteiger charge is -1.99. The topological polar surface area (TPSA) is 80.4 Å². The molecule has 0 aliphatic rings. The Morgan fingerprint density at radius 3 is 2.53 bits per heavy atom. The number of aromatic hydroxyl groups is 1. The van der Waals surface area contributed by atoms with Gasteiger partial charge in [0.05, 0.1) is 5.56 Å². The Morgan fingerprint density at radius 1 is 1.40 bits per heavy atom. The Labute approximate surface area is 86.7 Å². The average molecular weight is 203 g/mol. The summed E-state index contributed by atoms with van der Waals surface area (Å²) < 4.78 is 0. The van der Waals surface area contributed by atoms with Crippen molar-refractivity contribution in [1.29, 1.82) is 0 Å². The zero-order chi connectivity index (χ0) is 11.4. The number of benzene rings is 1. The van der Waals surface area contributed by atoms with Gasteiger partial charge < -0.3 is 10.8 Å². The lowest BCUT2D eigenvalue weighted by Crippen LogP contribution is -2.06.